The van der Waals surface area contributed by atoms with E-state index in [4.69, 9.17) is 0 Å². The van der Waals surface area contributed by atoms with Crippen molar-refractivity contribution in [2.75, 3.05) is 0 Å². The summed E-state index contributed by atoms with van der Waals surface area (Å²) in [5.74, 6) is 1.71. The number of hydrogen-bond acceptors (Lipinski definition) is 0. The summed E-state index contributed by atoms with van der Waals surface area (Å²) in [4.78, 5) is 0. The van der Waals surface area contributed by atoms with Crippen molar-refractivity contribution in [2.24, 2.45) is 11.8 Å². The van der Waals surface area contributed by atoms with Gasteiger partial charge in [0.05, 0.1) is 0 Å². The van der Waals surface area contributed by atoms with Gasteiger partial charge in [0.15, 0.2) is 0 Å². The Morgan fingerprint density at radius 3 is 2.25 bits per heavy atom. The van der Waals surface area contributed by atoms with Crippen molar-refractivity contribution in [1.82, 2.24) is 0 Å². The molecule has 0 N–H and O–H groups in total. The van der Waals surface area contributed by atoms with Gasteiger partial charge in [0, 0.05) is 0 Å². The second kappa shape index (κ2) is 1.75. The van der Waals surface area contributed by atoms with Gasteiger partial charge >= 0.3 is 0 Å². The molecule has 3 radical (unpaired) electrons. The minimum Gasteiger partial charge on any atom is -0.0496 e. The maximum absolute atomic E-state index is 3.56. The van der Waals surface area contributed by atoms with Crippen LogP contribution in [0.25, 0.3) is 0 Å². The van der Waals surface area contributed by atoms with E-state index in [1.807, 2.05) is 0 Å². The second-order valence-corrected chi connectivity index (χ2v) is 2.90. The second-order valence-electron chi connectivity index (χ2n) is 2.90. The predicted octanol–water partition coefficient (Wildman–Crippen LogP) is 2.09. The smallest absolute Gasteiger partial charge is 0.0106 e. The highest BCUT2D eigenvalue weighted by Gasteiger charge is 2.28. The molecule has 0 saturated heterocycles. The van der Waals surface area contributed by atoms with Gasteiger partial charge in [0.2, 0.25) is 0 Å². The molecule has 0 aromatic heterocycles. The number of rotatable bonds is 0. The van der Waals surface area contributed by atoms with Crippen LogP contribution in [-0.4, -0.2) is 0 Å². The van der Waals surface area contributed by atoms with Gasteiger partial charge in [-0.05, 0) is 50.4 Å². The van der Waals surface area contributed by atoms with E-state index in [2.05, 4.69) is 12.8 Å². The molecule has 2 aliphatic carbocycles. The predicted molar refractivity (Wildman–Crippen MR) is 33.0 cm³/mol. The van der Waals surface area contributed by atoms with Crippen LogP contribution in [0.1, 0.15) is 25.7 Å². The van der Waals surface area contributed by atoms with E-state index in [1.165, 1.54) is 25.7 Å². The average molecular weight is 107 g/mol. The lowest BCUT2D eigenvalue weighted by molar-refractivity contribution is 0.540. The third-order valence-corrected chi connectivity index (χ3v) is 2.24. The van der Waals surface area contributed by atoms with E-state index >= 15 is 0 Å². The minimum atomic E-state index is 0.855. The molecule has 0 aromatic carbocycles. The number of hydrogen-bond donors (Lipinski definition) is 0. The summed E-state index contributed by atoms with van der Waals surface area (Å²) >= 11 is 0. The third-order valence-electron chi connectivity index (χ3n) is 2.24. The molecule has 0 aromatic rings. The average Bonchev–Trinajstić information content (AvgIpc) is 2.12. The van der Waals surface area contributed by atoms with Crippen molar-refractivity contribution in [3.8, 4) is 0 Å². The molecule has 0 aliphatic heterocycles. The Morgan fingerprint density at radius 2 is 1.75 bits per heavy atom. The summed E-state index contributed by atoms with van der Waals surface area (Å²) in [6.45, 7) is 0. The summed E-state index contributed by atoms with van der Waals surface area (Å²) in [5, 5.41) is 0. The topological polar surface area (TPSA) is 0 Å². The zero-order valence-corrected chi connectivity index (χ0v) is 5.06. The fraction of sp³-hybridized carbons (Fsp3) is 0.750. The van der Waals surface area contributed by atoms with Crippen LogP contribution in [0.15, 0.2) is 0 Å². The largest absolute Gasteiger partial charge is 0.0496 e. The highest BCUT2D eigenvalue weighted by Crippen LogP contribution is 2.40. The summed E-state index contributed by atoms with van der Waals surface area (Å²) < 4.78 is 0. The van der Waals surface area contributed by atoms with Gasteiger partial charge in [-0.15, -0.1) is 0 Å². The van der Waals surface area contributed by atoms with Crippen LogP contribution in [0.4, 0.5) is 0 Å². The van der Waals surface area contributed by atoms with Crippen molar-refractivity contribution < 1.29 is 0 Å². The maximum Gasteiger partial charge on any atom is -0.0106 e. The van der Waals surface area contributed by atoms with Crippen molar-refractivity contribution in [3.63, 3.8) is 0 Å². The summed E-state index contributed by atoms with van der Waals surface area (Å²) in [6, 6.07) is 0. The van der Waals surface area contributed by atoms with Crippen LogP contribution >= 0.6 is 0 Å². The highest BCUT2D eigenvalue weighted by atomic mass is 14.3. The lowest BCUT2D eigenvalue weighted by Gasteiger charge is -2.15. The van der Waals surface area contributed by atoms with Gasteiger partial charge < -0.3 is 0 Å². The highest BCUT2D eigenvalue weighted by molar-refractivity contribution is 5.00. The van der Waals surface area contributed by atoms with Gasteiger partial charge in [0.25, 0.3) is 0 Å². The fourth-order valence-electron chi connectivity index (χ4n) is 1.77. The third kappa shape index (κ3) is 0.667. The molecule has 2 aliphatic rings. The van der Waals surface area contributed by atoms with Crippen LogP contribution < -0.4 is 0 Å². The molecule has 2 unspecified atom stereocenters. The quantitative estimate of drug-likeness (QED) is 0.444. The van der Waals surface area contributed by atoms with Crippen molar-refractivity contribution in [1.29, 1.82) is 0 Å². The Balaban J connectivity index is 2.03. The zero-order chi connectivity index (χ0) is 5.40. The Kier molecular flexibility index (Phi) is 1.06. The van der Waals surface area contributed by atoms with Crippen molar-refractivity contribution in [2.45, 2.75) is 25.7 Å². The molecule has 2 rings (SSSR count). The van der Waals surface area contributed by atoms with Crippen LogP contribution in [0.5, 0.6) is 0 Å². The van der Waals surface area contributed by atoms with Crippen LogP contribution in [-0.2, 0) is 0 Å². The Bertz CT molecular complexity index is 72.0. The monoisotopic (exact) mass is 107 g/mol. The first-order valence-corrected chi connectivity index (χ1v) is 3.53. The van der Waals surface area contributed by atoms with E-state index in [0.717, 1.165) is 11.8 Å². The molecule has 0 heterocycles. The van der Waals surface area contributed by atoms with E-state index < -0.39 is 0 Å². The molecule has 2 bridgehead atoms. The molecular formula is C8H11. The molecule has 2 fully saturated rings. The number of fused-ring (bicyclic) bond motifs is 2. The van der Waals surface area contributed by atoms with Gasteiger partial charge in [-0.25, -0.2) is 0 Å². The van der Waals surface area contributed by atoms with Crippen LogP contribution in [0.3, 0.4) is 0 Å². The Hall–Kier alpha value is 0. The molecule has 0 spiro atoms. The zero-order valence-electron chi connectivity index (χ0n) is 5.06. The summed E-state index contributed by atoms with van der Waals surface area (Å²) in [5.41, 5.74) is 0. The van der Waals surface area contributed by atoms with Crippen LogP contribution in [0.2, 0.25) is 0 Å². The molecular weight excluding hydrogens is 96.1 g/mol. The lowest BCUT2D eigenvalue weighted by atomic mass is 9.89. The standard InChI is InChI=1S/C8H11/c1-2-7-4-5-8(3-1)6-7/h1,7-8H,2-5H2. The van der Waals surface area contributed by atoms with Crippen molar-refractivity contribution >= 4 is 0 Å². The molecule has 0 nitrogen and oxygen atoms in total. The molecule has 2 atom stereocenters. The van der Waals surface area contributed by atoms with E-state index in [-0.39, 0.29) is 0 Å². The lowest BCUT2D eigenvalue weighted by Crippen LogP contribution is -2.05. The maximum atomic E-state index is 3.56. The van der Waals surface area contributed by atoms with Crippen molar-refractivity contribution in [3.05, 3.63) is 12.8 Å². The molecule has 2 saturated carbocycles. The molecule has 8 heavy (non-hydrogen) atoms. The van der Waals surface area contributed by atoms with Gasteiger partial charge in [-0.3, -0.25) is 0 Å². The van der Waals surface area contributed by atoms with Gasteiger partial charge in [-0.1, -0.05) is 0 Å². The first kappa shape index (κ1) is 4.84. The van der Waals surface area contributed by atoms with E-state index in [1.54, 1.807) is 0 Å². The molecule has 0 amide bonds. The first-order chi connectivity index (χ1) is 3.95. The van der Waals surface area contributed by atoms with Gasteiger partial charge in [-0.2, -0.15) is 0 Å². The minimum absolute atomic E-state index is 0.855. The molecule has 43 valence electrons. The van der Waals surface area contributed by atoms with Crippen LogP contribution in [0, 0.1) is 24.7 Å². The molecule has 0 heteroatoms. The van der Waals surface area contributed by atoms with Gasteiger partial charge in [0.1, 0.15) is 0 Å². The Morgan fingerprint density at radius 1 is 1.12 bits per heavy atom. The summed E-state index contributed by atoms with van der Waals surface area (Å²) in [7, 11) is 0. The first-order valence-electron chi connectivity index (χ1n) is 3.53. The fourth-order valence-corrected chi connectivity index (χ4v) is 1.77. The summed E-state index contributed by atoms with van der Waals surface area (Å²) in [6.07, 6.45) is 11.5. The normalized spacial score (nSPS) is 45.0. The Labute approximate surface area is 51.3 Å². The van der Waals surface area contributed by atoms with E-state index in [0.29, 0.717) is 0 Å². The van der Waals surface area contributed by atoms with E-state index in [9.17, 15) is 0 Å². The SMILES string of the molecule is [C]1C2C[CH]CC1CC2.